The number of rotatable bonds is 3. The van der Waals surface area contributed by atoms with E-state index >= 15 is 0 Å². The number of hydrogen-bond acceptors (Lipinski definition) is 1. The molecule has 0 amide bonds. The number of alkyl halides is 1. The van der Waals surface area contributed by atoms with Crippen LogP contribution < -0.4 is 0 Å². The largest absolute Gasteiger partial charge is 0.375 e. The molecule has 0 aromatic carbocycles. The Balaban J connectivity index is 1.85. The van der Waals surface area contributed by atoms with Crippen LogP contribution in [0.4, 0.5) is 0 Å². The molecular formula is C13H23ClO. The first-order valence-electron chi connectivity index (χ1n) is 6.55. The number of hydrogen-bond donors (Lipinski definition) is 0. The van der Waals surface area contributed by atoms with Crippen molar-refractivity contribution in [3.05, 3.63) is 0 Å². The lowest BCUT2D eigenvalue weighted by Gasteiger charge is -2.43. The van der Waals surface area contributed by atoms with Crippen LogP contribution in [0.25, 0.3) is 0 Å². The summed E-state index contributed by atoms with van der Waals surface area (Å²) in [5.41, 5.74) is 0.285. The summed E-state index contributed by atoms with van der Waals surface area (Å²) in [4.78, 5) is 0. The second-order valence-electron chi connectivity index (χ2n) is 5.28. The Labute approximate surface area is 98.5 Å². The van der Waals surface area contributed by atoms with Gasteiger partial charge in [0, 0.05) is 12.5 Å². The van der Waals surface area contributed by atoms with E-state index in [1.165, 1.54) is 57.8 Å². The zero-order chi connectivity index (χ0) is 10.6. The van der Waals surface area contributed by atoms with Crippen molar-refractivity contribution in [1.82, 2.24) is 0 Å². The summed E-state index contributed by atoms with van der Waals surface area (Å²) in [7, 11) is 0. The molecule has 1 unspecified atom stereocenters. The van der Waals surface area contributed by atoms with Gasteiger partial charge < -0.3 is 4.74 Å². The van der Waals surface area contributed by atoms with Gasteiger partial charge in [-0.15, -0.1) is 11.6 Å². The lowest BCUT2D eigenvalue weighted by molar-refractivity contribution is -0.118. The van der Waals surface area contributed by atoms with Crippen LogP contribution >= 0.6 is 11.6 Å². The van der Waals surface area contributed by atoms with Gasteiger partial charge >= 0.3 is 0 Å². The Morgan fingerprint density at radius 3 is 2.73 bits per heavy atom. The van der Waals surface area contributed by atoms with Gasteiger partial charge in [-0.25, -0.2) is 0 Å². The van der Waals surface area contributed by atoms with Crippen LogP contribution in [0.3, 0.4) is 0 Å². The summed E-state index contributed by atoms with van der Waals surface area (Å²) >= 11 is 5.77. The smallest absolute Gasteiger partial charge is 0.0685 e. The van der Waals surface area contributed by atoms with E-state index < -0.39 is 0 Å². The molecule has 2 fully saturated rings. The van der Waals surface area contributed by atoms with Crippen molar-refractivity contribution in [2.24, 2.45) is 5.92 Å². The highest BCUT2D eigenvalue weighted by atomic mass is 35.5. The van der Waals surface area contributed by atoms with Crippen LogP contribution in [0.1, 0.15) is 57.8 Å². The van der Waals surface area contributed by atoms with Crippen molar-refractivity contribution in [3.8, 4) is 0 Å². The highest BCUT2D eigenvalue weighted by Gasteiger charge is 2.37. The zero-order valence-corrected chi connectivity index (χ0v) is 10.4. The highest BCUT2D eigenvalue weighted by Crippen LogP contribution is 2.41. The minimum Gasteiger partial charge on any atom is -0.375 e. The highest BCUT2D eigenvalue weighted by molar-refractivity contribution is 6.17. The monoisotopic (exact) mass is 230 g/mol. The quantitative estimate of drug-likeness (QED) is 0.663. The van der Waals surface area contributed by atoms with Crippen molar-refractivity contribution in [2.45, 2.75) is 63.4 Å². The molecule has 2 aliphatic rings. The molecular weight excluding hydrogens is 208 g/mol. The average Bonchev–Trinajstić information content (AvgIpc) is 2.28. The summed E-state index contributed by atoms with van der Waals surface area (Å²) in [5.74, 6) is 1.71. The number of halogens is 1. The third-order valence-corrected chi connectivity index (χ3v) is 4.37. The van der Waals surface area contributed by atoms with Crippen LogP contribution in [0.2, 0.25) is 0 Å². The van der Waals surface area contributed by atoms with Gasteiger partial charge in [0.05, 0.1) is 5.60 Å². The molecule has 1 heterocycles. The summed E-state index contributed by atoms with van der Waals surface area (Å²) < 4.78 is 6.08. The van der Waals surface area contributed by atoms with E-state index in [2.05, 4.69) is 0 Å². The maximum absolute atomic E-state index is 6.08. The van der Waals surface area contributed by atoms with E-state index in [1.54, 1.807) is 0 Å². The molecule has 1 saturated carbocycles. The van der Waals surface area contributed by atoms with E-state index in [0.29, 0.717) is 0 Å². The second kappa shape index (κ2) is 5.54. The molecule has 1 saturated heterocycles. The van der Waals surface area contributed by atoms with Crippen molar-refractivity contribution in [3.63, 3.8) is 0 Å². The van der Waals surface area contributed by atoms with Gasteiger partial charge in [0.1, 0.15) is 0 Å². The Bertz CT molecular complexity index is 181. The van der Waals surface area contributed by atoms with Crippen molar-refractivity contribution in [1.29, 1.82) is 0 Å². The first-order valence-corrected chi connectivity index (χ1v) is 7.08. The fourth-order valence-electron chi connectivity index (χ4n) is 3.29. The van der Waals surface area contributed by atoms with Crippen molar-refractivity contribution in [2.75, 3.05) is 12.5 Å². The lowest BCUT2D eigenvalue weighted by Crippen LogP contribution is -2.41. The molecule has 0 aromatic rings. The Kier molecular flexibility index (Phi) is 4.33. The molecule has 1 aliphatic carbocycles. The predicted molar refractivity (Wildman–Crippen MR) is 64.4 cm³/mol. The third kappa shape index (κ3) is 3.10. The second-order valence-corrected chi connectivity index (χ2v) is 5.66. The zero-order valence-electron chi connectivity index (χ0n) is 9.64. The van der Waals surface area contributed by atoms with E-state index in [9.17, 15) is 0 Å². The van der Waals surface area contributed by atoms with E-state index in [0.717, 1.165) is 18.4 Å². The molecule has 1 spiro atoms. The molecule has 0 radical (unpaired) electrons. The van der Waals surface area contributed by atoms with Gasteiger partial charge in [0.2, 0.25) is 0 Å². The van der Waals surface area contributed by atoms with Crippen LogP contribution in [0.5, 0.6) is 0 Å². The van der Waals surface area contributed by atoms with Crippen molar-refractivity contribution >= 4 is 11.6 Å². The molecule has 1 atom stereocenters. The van der Waals surface area contributed by atoms with Gasteiger partial charge in [-0.2, -0.15) is 0 Å². The standard InChI is InChI=1S/C13H23ClO/c14-9-4-5-12-6-10-15-13(11-12)7-2-1-3-8-13/h12H,1-11H2. The van der Waals surface area contributed by atoms with Crippen LogP contribution in [0.15, 0.2) is 0 Å². The molecule has 0 bridgehead atoms. The molecule has 0 aromatic heterocycles. The average molecular weight is 231 g/mol. The lowest BCUT2D eigenvalue weighted by atomic mass is 9.75. The first-order chi connectivity index (χ1) is 7.35. The molecule has 2 rings (SSSR count). The maximum atomic E-state index is 6.08. The molecule has 1 nitrogen and oxygen atoms in total. The van der Waals surface area contributed by atoms with Crippen LogP contribution in [-0.4, -0.2) is 18.1 Å². The Morgan fingerprint density at radius 1 is 1.20 bits per heavy atom. The predicted octanol–water partition coefficient (Wildman–Crippen LogP) is 4.13. The molecule has 88 valence electrons. The van der Waals surface area contributed by atoms with Gasteiger partial charge in [-0.1, -0.05) is 19.3 Å². The van der Waals surface area contributed by atoms with E-state index in [-0.39, 0.29) is 5.60 Å². The molecule has 2 heteroatoms. The van der Waals surface area contributed by atoms with Gasteiger partial charge in [-0.05, 0) is 44.4 Å². The molecule has 15 heavy (non-hydrogen) atoms. The molecule has 0 N–H and O–H groups in total. The third-order valence-electron chi connectivity index (χ3n) is 4.11. The summed E-state index contributed by atoms with van der Waals surface area (Å²) in [6.45, 7) is 0.993. The van der Waals surface area contributed by atoms with Crippen LogP contribution in [0, 0.1) is 5.92 Å². The maximum Gasteiger partial charge on any atom is 0.0685 e. The fraction of sp³-hybridized carbons (Fsp3) is 1.00. The normalized spacial score (nSPS) is 30.6. The fourth-order valence-corrected chi connectivity index (χ4v) is 3.44. The van der Waals surface area contributed by atoms with Gasteiger partial charge in [0.25, 0.3) is 0 Å². The first kappa shape index (κ1) is 11.7. The van der Waals surface area contributed by atoms with Crippen LogP contribution in [-0.2, 0) is 4.74 Å². The topological polar surface area (TPSA) is 9.23 Å². The summed E-state index contributed by atoms with van der Waals surface area (Å²) in [6.07, 6.45) is 11.9. The summed E-state index contributed by atoms with van der Waals surface area (Å²) in [6, 6.07) is 0. The van der Waals surface area contributed by atoms with Gasteiger partial charge in [-0.3, -0.25) is 0 Å². The van der Waals surface area contributed by atoms with E-state index in [4.69, 9.17) is 16.3 Å². The SMILES string of the molecule is ClCCCC1CCOC2(CCCCC2)C1. The molecule has 1 aliphatic heterocycles. The Hall–Kier alpha value is 0.250. The van der Waals surface area contributed by atoms with Gasteiger partial charge in [0.15, 0.2) is 0 Å². The Morgan fingerprint density at radius 2 is 2.00 bits per heavy atom. The minimum absolute atomic E-state index is 0.285. The summed E-state index contributed by atoms with van der Waals surface area (Å²) in [5, 5.41) is 0. The van der Waals surface area contributed by atoms with Crippen molar-refractivity contribution < 1.29 is 4.74 Å². The van der Waals surface area contributed by atoms with E-state index in [1.807, 2.05) is 0 Å². The number of ether oxygens (including phenoxy) is 1. The minimum atomic E-state index is 0.285.